The Balaban J connectivity index is 1.66. The lowest BCUT2D eigenvalue weighted by Gasteiger charge is -2.18. The second kappa shape index (κ2) is 10.3. The molecule has 0 aliphatic carbocycles. The van der Waals surface area contributed by atoms with E-state index in [9.17, 15) is 14.7 Å². The minimum Gasteiger partial charge on any atom is -0.494 e. The van der Waals surface area contributed by atoms with Crippen molar-refractivity contribution in [3.8, 4) is 17.0 Å². The van der Waals surface area contributed by atoms with E-state index < -0.39 is 0 Å². The van der Waals surface area contributed by atoms with Crippen molar-refractivity contribution < 1.29 is 9.90 Å². The molecule has 5 nitrogen and oxygen atoms in total. The number of rotatable bonds is 9. The van der Waals surface area contributed by atoms with Crippen LogP contribution in [0.25, 0.3) is 11.1 Å². The number of aromatic hydroxyl groups is 1. The average Bonchev–Trinajstić information content (AvgIpc) is 3.05. The Hall–Kier alpha value is -2.86. The van der Waals surface area contributed by atoms with E-state index >= 15 is 0 Å². The zero-order valence-corrected chi connectivity index (χ0v) is 18.3. The number of hydrogen-bond donors (Lipinski definition) is 2. The van der Waals surface area contributed by atoms with Gasteiger partial charge in [0.15, 0.2) is 0 Å². The molecule has 0 saturated carbocycles. The number of carbonyl (C=O) groups is 1. The van der Waals surface area contributed by atoms with Crippen molar-refractivity contribution in [3.05, 3.63) is 74.2 Å². The normalized spacial score (nSPS) is 10.9. The fourth-order valence-electron chi connectivity index (χ4n) is 3.40. The van der Waals surface area contributed by atoms with Gasteiger partial charge >= 0.3 is 4.87 Å². The average molecular weight is 425 g/mol. The van der Waals surface area contributed by atoms with E-state index in [0.717, 1.165) is 52.9 Å². The first-order chi connectivity index (χ1) is 14.5. The van der Waals surface area contributed by atoms with Crippen LogP contribution in [0.5, 0.6) is 5.88 Å². The number of H-pyrrole nitrogens is 1. The molecule has 0 radical (unpaired) electrons. The van der Waals surface area contributed by atoms with Gasteiger partial charge in [0.25, 0.3) is 0 Å². The second-order valence-electron chi connectivity index (χ2n) is 7.57. The van der Waals surface area contributed by atoms with Crippen LogP contribution in [0.4, 0.5) is 0 Å². The second-order valence-corrected chi connectivity index (χ2v) is 8.64. The summed E-state index contributed by atoms with van der Waals surface area (Å²) >= 11 is 1.03. The van der Waals surface area contributed by atoms with Gasteiger partial charge in [0.2, 0.25) is 11.8 Å². The monoisotopic (exact) mass is 424 g/mol. The quantitative estimate of drug-likeness (QED) is 0.478. The number of amides is 1. The Morgan fingerprint density at radius 1 is 1.07 bits per heavy atom. The third-order valence-corrected chi connectivity index (χ3v) is 5.99. The molecule has 0 fully saturated rings. The molecule has 0 aliphatic heterocycles. The molecule has 1 amide bonds. The van der Waals surface area contributed by atoms with Crippen molar-refractivity contribution in [1.82, 2.24) is 9.88 Å². The zero-order chi connectivity index (χ0) is 21.5. The number of benzene rings is 2. The molecule has 6 heteroatoms. The molecule has 1 heterocycles. The van der Waals surface area contributed by atoms with Gasteiger partial charge in [-0.05, 0) is 34.7 Å². The number of nitrogens with one attached hydrogen (secondary N) is 1. The molecule has 158 valence electrons. The van der Waals surface area contributed by atoms with Crippen LogP contribution >= 0.6 is 11.3 Å². The Kier molecular flexibility index (Phi) is 7.46. The number of thiazole rings is 1. The summed E-state index contributed by atoms with van der Waals surface area (Å²) in [6.45, 7) is 2.74. The topological polar surface area (TPSA) is 73.4 Å². The lowest BCUT2D eigenvalue weighted by molar-refractivity contribution is -0.130. The molecular formula is C24H28N2O3S. The molecule has 30 heavy (non-hydrogen) atoms. The van der Waals surface area contributed by atoms with Gasteiger partial charge in [0.05, 0.1) is 4.88 Å². The van der Waals surface area contributed by atoms with Crippen molar-refractivity contribution in [2.24, 2.45) is 0 Å². The van der Waals surface area contributed by atoms with Crippen LogP contribution in [0, 0.1) is 0 Å². The van der Waals surface area contributed by atoms with Gasteiger partial charge < -0.3 is 10.0 Å². The number of hydrogen-bond acceptors (Lipinski definition) is 4. The van der Waals surface area contributed by atoms with Crippen molar-refractivity contribution in [2.75, 3.05) is 7.05 Å². The third-order valence-electron chi connectivity index (χ3n) is 5.12. The summed E-state index contributed by atoms with van der Waals surface area (Å²) in [7, 11) is 1.86. The Bertz CT molecular complexity index is 1040. The summed E-state index contributed by atoms with van der Waals surface area (Å²) in [5.74, 6) is 0.142. The van der Waals surface area contributed by atoms with Crippen molar-refractivity contribution in [3.63, 3.8) is 0 Å². The van der Waals surface area contributed by atoms with Crippen LogP contribution in [-0.2, 0) is 17.8 Å². The standard InChI is InChI=1S/C24H28N2O3S/c1-3-4-5-9-22(27)26(2)16-18-7-6-8-20(14-18)19-12-10-17(11-13-19)15-21-23(28)25-24(29)30-21/h6-8,10-14,28H,3-5,9,15-16H2,1-2H3,(H,25,29). The molecule has 0 unspecified atom stereocenters. The third kappa shape index (κ3) is 5.83. The van der Waals surface area contributed by atoms with Crippen LogP contribution in [0.15, 0.2) is 53.3 Å². The van der Waals surface area contributed by atoms with Crippen molar-refractivity contribution in [2.45, 2.75) is 45.6 Å². The maximum atomic E-state index is 12.3. The first kappa shape index (κ1) is 21.8. The van der Waals surface area contributed by atoms with E-state index in [-0.39, 0.29) is 16.7 Å². The molecule has 0 spiro atoms. The molecule has 3 rings (SSSR count). The molecule has 0 atom stereocenters. The number of nitrogens with zero attached hydrogens (tertiary/aromatic N) is 1. The van der Waals surface area contributed by atoms with Crippen LogP contribution < -0.4 is 4.87 Å². The minimum absolute atomic E-state index is 0.0462. The maximum Gasteiger partial charge on any atom is 0.307 e. The Morgan fingerprint density at radius 2 is 1.83 bits per heavy atom. The summed E-state index contributed by atoms with van der Waals surface area (Å²) in [6.07, 6.45) is 4.28. The van der Waals surface area contributed by atoms with Gasteiger partial charge in [-0.15, -0.1) is 0 Å². The van der Waals surface area contributed by atoms with E-state index in [0.29, 0.717) is 24.3 Å². The van der Waals surface area contributed by atoms with Gasteiger partial charge in [-0.2, -0.15) is 0 Å². The van der Waals surface area contributed by atoms with E-state index in [1.807, 2.05) is 43.4 Å². The van der Waals surface area contributed by atoms with E-state index in [4.69, 9.17) is 0 Å². The SMILES string of the molecule is CCCCCC(=O)N(C)Cc1cccc(-c2ccc(Cc3sc(=O)[nH]c3O)cc2)c1. The van der Waals surface area contributed by atoms with E-state index in [2.05, 4.69) is 24.0 Å². The summed E-state index contributed by atoms with van der Waals surface area (Å²) < 4.78 is 0. The minimum atomic E-state index is -0.246. The van der Waals surface area contributed by atoms with E-state index in [1.54, 1.807) is 4.90 Å². The van der Waals surface area contributed by atoms with Crippen molar-refractivity contribution in [1.29, 1.82) is 0 Å². The largest absolute Gasteiger partial charge is 0.494 e. The van der Waals surface area contributed by atoms with Crippen LogP contribution in [0.1, 0.15) is 48.6 Å². The summed E-state index contributed by atoms with van der Waals surface area (Å²) in [6, 6.07) is 16.3. The maximum absolute atomic E-state index is 12.3. The number of aromatic amines is 1. The van der Waals surface area contributed by atoms with E-state index in [1.165, 1.54) is 0 Å². The summed E-state index contributed by atoms with van der Waals surface area (Å²) in [5, 5.41) is 9.75. The predicted molar refractivity (Wildman–Crippen MR) is 122 cm³/mol. The molecule has 0 saturated heterocycles. The number of aromatic nitrogens is 1. The molecule has 3 aromatic rings. The molecule has 0 aliphatic rings. The summed E-state index contributed by atoms with van der Waals surface area (Å²) in [4.78, 5) is 28.2. The highest BCUT2D eigenvalue weighted by atomic mass is 32.1. The number of unbranched alkanes of at least 4 members (excludes halogenated alkanes) is 2. The fourth-order valence-corrected chi connectivity index (χ4v) is 4.16. The fraction of sp³-hybridized carbons (Fsp3) is 0.333. The van der Waals surface area contributed by atoms with Gasteiger partial charge in [-0.3, -0.25) is 14.6 Å². The predicted octanol–water partition coefficient (Wildman–Crippen LogP) is 4.94. The van der Waals surface area contributed by atoms with Crippen molar-refractivity contribution >= 4 is 17.2 Å². The molecule has 2 N–H and O–H groups in total. The highest BCUT2D eigenvalue weighted by molar-refractivity contribution is 7.09. The smallest absolute Gasteiger partial charge is 0.307 e. The molecule has 2 aromatic carbocycles. The highest BCUT2D eigenvalue weighted by Gasteiger charge is 2.10. The van der Waals surface area contributed by atoms with Gasteiger partial charge in [-0.1, -0.05) is 73.6 Å². The van der Waals surface area contributed by atoms with Gasteiger partial charge in [0.1, 0.15) is 0 Å². The number of carbonyl (C=O) groups excluding carboxylic acids is 1. The lowest BCUT2D eigenvalue weighted by atomic mass is 10.0. The first-order valence-corrected chi connectivity index (χ1v) is 11.1. The first-order valence-electron chi connectivity index (χ1n) is 10.3. The zero-order valence-electron chi connectivity index (χ0n) is 17.5. The Morgan fingerprint density at radius 3 is 2.50 bits per heavy atom. The summed E-state index contributed by atoms with van der Waals surface area (Å²) in [5.41, 5.74) is 4.31. The Labute approximate surface area is 181 Å². The molecular weight excluding hydrogens is 396 g/mol. The van der Waals surface area contributed by atoms with Crippen LogP contribution in [0.3, 0.4) is 0 Å². The lowest BCUT2D eigenvalue weighted by Crippen LogP contribution is -2.25. The van der Waals surface area contributed by atoms with Crippen LogP contribution in [0.2, 0.25) is 0 Å². The van der Waals surface area contributed by atoms with Crippen LogP contribution in [-0.4, -0.2) is 27.9 Å². The molecule has 0 bridgehead atoms. The van der Waals surface area contributed by atoms with Gasteiger partial charge in [-0.25, -0.2) is 0 Å². The highest BCUT2D eigenvalue weighted by Crippen LogP contribution is 2.24. The molecule has 1 aromatic heterocycles. The van der Waals surface area contributed by atoms with Gasteiger partial charge in [0, 0.05) is 26.4 Å².